The van der Waals surface area contributed by atoms with E-state index < -0.39 is 0 Å². The number of aromatic amines is 1. The van der Waals surface area contributed by atoms with Gasteiger partial charge in [0.2, 0.25) is 5.91 Å². The lowest BCUT2D eigenvalue weighted by molar-refractivity contribution is -0.920. The normalized spacial score (nSPS) is 24.7. The molecule has 7 heteroatoms. The Labute approximate surface area is 179 Å². The van der Waals surface area contributed by atoms with Crippen LogP contribution in [0.3, 0.4) is 0 Å². The van der Waals surface area contributed by atoms with Gasteiger partial charge in [-0.05, 0) is 36.8 Å². The number of likely N-dealkylation sites (tertiary alicyclic amines) is 1. The first-order chi connectivity index (χ1) is 14.5. The van der Waals surface area contributed by atoms with Crippen LogP contribution in [0.5, 0.6) is 0 Å². The Bertz CT molecular complexity index is 1100. The Hall–Kier alpha value is -2.70. The molecule has 2 N–H and O–H groups in total. The number of quaternary nitrogens is 1. The Kier molecular flexibility index (Phi) is 4.83. The first-order valence-electron chi connectivity index (χ1n) is 10.4. The van der Waals surface area contributed by atoms with Crippen molar-refractivity contribution in [2.24, 2.45) is 0 Å². The molecule has 0 spiro atoms. The largest absolute Gasteiger partial charge is 0.342 e. The molecule has 2 aliphatic rings. The zero-order valence-corrected chi connectivity index (χ0v) is 17.6. The third-order valence-electron chi connectivity index (χ3n) is 6.48. The summed E-state index contributed by atoms with van der Waals surface area (Å²) in [7, 11) is 0. The molecule has 3 heterocycles. The fourth-order valence-corrected chi connectivity index (χ4v) is 4.89. The van der Waals surface area contributed by atoms with Crippen LogP contribution in [-0.2, 0) is 9.59 Å². The van der Waals surface area contributed by atoms with E-state index in [2.05, 4.69) is 4.98 Å². The molecule has 5 rings (SSSR count). The minimum absolute atomic E-state index is 0.114. The van der Waals surface area contributed by atoms with Gasteiger partial charge in [0, 0.05) is 23.8 Å². The van der Waals surface area contributed by atoms with E-state index in [1.165, 1.54) is 9.80 Å². The number of aromatic nitrogens is 2. The monoisotopic (exact) mass is 423 g/mol. The van der Waals surface area contributed by atoms with Crippen LogP contribution in [0.15, 0.2) is 42.5 Å². The van der Waals surface area contributed by atoms with Crippen LogP contribution in [0.2, 0.25) is 5.02 Å². The number of para-hydroxylation sites is 2. The van der Waals surface area contributed by atoms with Gasteiger partial charge in [0.05, 0.1) is 36.2 Å². The fraction of sp³-hybridized carbons (Fsp3) is 0.348. The second kappa shape index (κ2) is 7.52. The van der Waals surface area contributed by atoms with E-state index in [-0.39, 0.29) is 24.3 Å². The maximum absolute atomic E-state index is 13.1. The van der Waals surface area contributed by atoms with Gasteiger partial charge in [0.1, 0.15) is 5.82 Å². The molecular weight excluding hydrogens is 400 g/mol. The number of fused-ring (bicyclic) bond motifs is 1. The highest BCUT2D eigenvalue weighted by molar-refractivity contribution is 6.32. The summed E-state index contributed by atoms with van der Waals surface area (Å²) in [5.41, 5.74) is 3.55. The van der Waals surface area contributed by atoms with E-state index in [9.17, 15) is 9.59 Å². The van der Waals surface area contributed by atoms with Crippen LogP contribution < -0.4 is 9.80 Å². The van der Waals surface area contributed by atoms with Crippen molar-refractivity contribution in [1.29, 1.82) is 0 Å². The standard InChI is InChI=1S/C23H23ClN4O2/c1-14-6-7-16(12-17(14)24)28-21(29)13-20(23(28)30)27-10-8-15(9-11-27)22-25-18-4-2-3-5-19(18)26-22/h2-7,12,15,20H,8-11,13H2,1H3,(H,25,26)/p+1/t20-/m1/s1. The molecule has 0 bridgehead atoms. The molecule has 2 aliphatic heterocycles. The smallest absolute Gasteiger partial charge is 0.292 e. The highest BCUT2D eigenvalue weighted by atomic mass is 35.5. The van der Waals surface area contributed by atoms with Crippen molar-refractivity contribution >= 4 is 40.1 Å². The summed E-state index contributed by atoms with van der Waals surface area (Å²) in [6.45, 7) is 3.61. The molecule has 2 fully saturated rings. The van der Waals surface area contributed by atoms with Crippen LogP contribution in [0.1, 0.15) is 36.6 Å². The number of nitrogens with one attached hydrogen (secondary N) is 2. The topological polar surface area (TPSA) is 70.5 Å². The number of carbonyl (C=O) groups is 2. The van der Waals surface area contributed by atoms with Crippen LogP contribution in [-0.4, -0.2) is 40.9 Å². The first kappa shape index (κ1) is 19.3. The molecular formula is C23H24ClN4O2+. The number of aryl methyl sites for hydroxylation is 1. The summed E-state index contributed by atoms with van der Waals surface area (Å²) in [5, 5.41) is 0.565. The lowest BCUT2D eigenvalue weighted by Gasteiger charge is -2.31. The number of hydrogen-bond acceptors (Lipinski definition) is 3. The molecule has 1 aromatic heterocycles. The fourth-order valence-electron chi connectivity index (χ4n) is 4.72. The van der Waals surface area contributed by atoms with E-state index >= 15 is 0 Å². The number of imide groups is 1. The molecule has 2 amide bonds. The number of H-pyrrole nitrogens is 1. The Morgan fingerprint density at radius 3 is 2.63 bits per heavy atom. The number of imidazole rings is 1. The molecule has 3 aromatic rings. The van der Waals surface area contributed by atoms with Crippen molar-refractivity contribution in [3.63, 3.8) is 0 Å². The highest BCUT2D eigenvalue weighted by Crippen LogP contribution is 2.28. The van der Waals surface area contributed by atoms with Gasteiger partial charge in [-0.15, -0.1) is 0 Å². The van der Waals surface area contributed by atoms with Crippen LogP contribution in [0, 0.1) is 6.92 Å². The van der Waals surface area contributed by atoms with Gasteiger partial charge >= 0.3 is 0 Å². The average Bonchev–Trinajstić information content (AvgIpc) is 3.31. The predicted molar refractivity (Wildman–Crippen MR) is 116 cm³/mol. The van der Waals surface area contributed by atoms with Gasteiger partial charge in [-0.25, -0.2) is 9.88 Å². The number of benzene rings is 2. The molecule has 154 valence electrons. The molecule has 0 saturated carbocycles. The number of hydrogen-bond donors (Lipinski definition) is 2. The Morgan fingerprint density at radius 1 is 1.13 bits per heavy atom. The summed E-state index contributed by atoms with van der Waals surface area (Å²) >= 11 is 6.21. The SMILES string of the molecule is Cc1ccc(N2C(=O)C[C@@H]([NH+]3CCC(c4nc5ccccc5[nH]4)CC3)C2=O)cc1Cl. The zero-order chi connectivity index (χ0) is 20.8. The van der Waals surface area contributed by atoms with Crippen molar-refractivity contribution in [1.82, 2.24) is 9.97 Å². The lowest BCUT2D eigenvalue weighted by Crippen LogP contribution is -3.17. The molecule has 2 saturated heterocycles. The summed E-state index contributed by atoms with van der Waals surface area (Å²) in [6, 6.07) is 13.1. The van der Waals surface area contributed by atoms with Gasteiger partial charge in [-0.3, -0.25) is 9.59 Å². The number of piperidine rings is 1. The Morgan fingerprint density at radius 2 is 1.90 bits per heavy atom. The predicted octanol–water partition coefficient (Wildman–Crippen LogP) is 2.62. The third kappa shape index (κ3) is 3.30. The van der Waals surface area contributed by atoms with Crippen molar-refractivity contribution in [3.05, 3.63) is 58.9 Å². The highest BCUT2D eigenvalue weighted by Gasteiger charge is 2.46. The summed E-state index contributed by atoms with van der Waals surface area (Å²) in [6.07, 6.45) is 2.15. The van der Waals surface area contributed by atoms with E-state index in [1.807, 2.05) is 37.3 Å². The molecule has 2 aromatic carbocycles. The lowest BCUT2D eigenvalue weighted by atomic mass is 9.95. The van der Waals surface area contributed by atoms with Crippen molar-refractivity contribution in [3.8, 4) is 0 Å². The van der Waals surface area contributed by atoms with Gasteiger partial charge < -0.3 is 9.88 Å². The van der Waals surface area contributed by atoms with Gasteiger partial charge in [0.25, 0.3) is 5.91 Å². The number of carbonyl (C=O) groups excluding carboxylic acids is 2. The second-order valence-corrected chi connectivity index (χ2v) is 8.74. The zero-order valence-electron chi connectivity index (χ0n) is 16.8. The molecule has 30 heavy (non-hydrogen) atoms. The van der Waals surface area contributed by atoms with Gasteiger partial charge in [0.15, 0.2) is 6.04 Å². The average molecular weight is 424 g/mol. The van der Waals surface area contributed by atoms with Crippen LogP contribution >= 0.6 is 11.6 Å². The number of rotatable bonds is 3. The summed E-state index contributed by atoms with van der Waals surface area (Å²) < 4.78 is 0. The summed E-state index contributed by atoms with van der Waals surface area (Å²) in [4.78, 5) is 36.5. The van der Waals surface area contributed by atoms with Crippen molar-refractivity contribution < 1.29 is 14.5 Å². The number of halogens is 1. The van der Waals surface area contributed by atoms with Gasteiger partial charge in [-0.2, -0.15) is 0 Å². The number of amides is 2. The van der Waals surface area contributed by atoms with E-state index in [0.717, 1.165) is 48.4 Å². The van der Waals surface area contributed by atoms with Crippen molar-refractivity contribution in [2.75, 3.05) is 18.0 Å². The minimum Gasteiger partial charge on any atom is -0.342 e. The maximum atomic E-state index is 13.1. The van der Waals surface area contributed by atoms with Crippen LogP contribution in [0.4, 0.5) is 5.69 Å². The number of anilines is 1. The van der Waals surface area contributed by atoms with E-state index in [0.29, 0.717) is 16.6 Å². The molecule has 0 unspecified atom stereocenters. The van der Waals surface area contributed by atoms with E-state index in [1.54, 1.807) is 12.1 Å². The molecule has 0 aliphatic carbocycles. The quantitative estimate of drug-likeness (QED) is 0.636. The van der Waals surface area contributed by atoms with Crippen molar-refractivity contribution in [2.45, 2.75) is 38.1 Å². The second-order valence-electron chi connectivity index (χ2n) is 8.33. The molecule has 6 nitrogen and oxygen atoms in total. The van der Waals surface area contributed by atoms with Gasteiger partial charge in [-0.1, -0.05) is 29.8 Å². The molecule has 1 atom stereocenters. The first-order valence-corrected chi connectivity index (χ1v) is 10.8. The number of nitrogens with zero attached hydrogens (tertiary/aromatic N) is 2. The minimum atomic E-state index is -0.311. The molecule has 0 radical (unpaired) electrons. The van der Waals surface area contributed by atoms with E-state index in [4.69, 9.17) is 16.6 Å². The summed E-state index contributed by atoms with van der Waals surface area (Å²) in [5.74, 6) is 1.13. The van der Waals surface area contributed by atoms with Crippen LogP contribution in [0.25, 0.3) is 11.0 Å². The maximum Gasteiger partial charge on any atom is 0.292 e. The third-order valence-corrected chi connectivity index (χ3v) is 6.88. The Balaban J connectivity index is 1.28.